The first-order valence-corrected chi connectivity index (χ1v) is 4.37. The molecule has 0 spiro atoms. The molecule has 0 saturated heterocycles. The third kappa shape index (κ3) is 1.88. The minimum atomic E-state index is -0.345. The molecule has 0 aromatic carbocycles. The van der Waals surface area contributed by atoms with Crippen molar-refractivity contribution in [2.45, 2.75) is 31.7 Å². The topological polar surface area (TPSA) is 64.3 Å². The zero-order chi connectivity index (χ0) is 9.03. The summed E-state index contributed by atoms with van der Waals surface area (Å²) in [4.78, 5) is 11.0. The van der Waals surface area contributed by atoms with E-state index < -0.39 is 0 Å². The normalized spacial score (nSPS) is 19.5. The fourth-order valence-corrected chi connectivity index (χ4v) is 1.37. The van der Waals surface area contributed by atoms with Gasteiger partial charge in [0.25, 0.3) is 0 Å². The molecule has 1 aliphatic carbocycles. The number of ether oxygens (including phenoxy) is 1. The molecule has 1 rings (SSSR count). The second-order valence-electron chi connectivity index (χ2n) is 3.18. The van der Waals surface area contributed by atoms with Crippen molar-refractivity contribution >= 4 is 6.09 Å². The third-order valence-electron chi connectivity index (χ3n) is 2.34. The Hall–Kier alpha value is -0.770. The molecule has 0 bridgehead atoms. The van der Waals surface area contributed by atoms with Crippen molar-refractivity contribution in [2.75, 3.05) is 13.2 Å². The molecule has 0 unspecified atom stereocenters. The van der Waals surface area contributed by atoms with Crippen molar-refractivity contribution in [1.82, 2.24) is 5.32 Å². The van der Waals surface area contributed by atoms with Crippen LogP contribution in [0, 0.1) is 0 Å². The summed E-state index contributed by atoms with van der Waals surface area (Å²) in [6.45, 7) is 2.70. The van der Waals surface area contributed by atoms with Gasteiger partial charge in [0.2, 0.25) is 0 Å². The van der Waals surface area contributed by atoms with E-state index in [0.29, 0.717) is 13.2 Å². The van der Waals surface area contributed by atoms with E-state index in [1.54, 1.807) is 6.92 Å². The first kappa shape index (κ1) is 9.32. The number of carbonyl (C=O) groups is 1. The molecule has 0 radical (unpaired) electrons. The van der Waals surface area contributed by atoms with Crippen LogP contribution in [-0.4, -0.2) is 24.8 Å². The van der Waals surface area contributed by atoms with Crippen LogP contribution in [0.5, 0.6) is 0 Å². The largest absolute Gasteiger partial charge is 0.450 e. The fraction of sp³-hybridized carbons (Fsp3) is 0.875. The second-order valence-corrected chi connectivity index (χ2v) is 3.18. The summed E-state index contributed by atoms with van der Waals surface area (Å²) in [5, 5.41) is 2.79. The lowest BCUT2D eigenvalue weighted by molar-refractivity contribution is 0.118. The van der Waals surface area contributed by atoms with E-state index in [1.807, 2.05) is 0 Å². The number of nitrogens with two attached hydrogens (primary N) is 1. The van der Waals surface area contributed by atoms with Crippen LogP contribution < -0.4 is 11.1 Å². The Balaban J connectivity index is 2.32. The summed E-state index contributed by atoms with van der Waals surface area (Å²) in [6.07, 6.45) is 2.75. The third-order valence-corrected chi connectivity index (χ3v) is 2.34. The Morgan fingerprint density at radius 1 is 1.67 bits per heavy atom. The predicted molar refractivity (Wildman–Crippen MR) is 45.8 cm³/mol. The molecule has 0 aliphatic heterocycles. The van der Waals surface area contributed by atoms with Gasteiger partial charge in [0, 0.05) is 6.54 Å². The summed E-state index contributed by atoms with van der Waals surface area (Å²) < 4.78 is 4.77. The first-order valence-electron chi connectivity index (χ1n) is 4.37. The average Bonchev–Trinajstić information content (AvgIpc) is 1.97. The Kier molecular flexibility index (Phi) is 2.92. The van der Waals surface area contributed by atoms with Gasteiger partial charge in [-0.15, -0.1) is 0 Å². The van der Waals surface area contributed by atoms with Crippen molar-refractivity contribution in [3.63, 3.8) is 0 Å². The molecule has 0 aromatic heterocycles. The predicted octanol–water partition coefficient (Wildman–Crippen LogP) is 0.614. The van der Waals surface area contributed by atoms with Crippen molar-refractivity contribution in [1.29, 1.82) is 0 Å². The molecular weight excluding hydrogens is 156 g/mol. The lowest BCUT2D eigenvalue weighted by Gasteiger charge is -2.40. The van der Waals surface area contributed by atoms with Gasteiger partial charge in [0.1, 0.15) is 0 Å². The Labute approximate surface area is 72.5 Å². The molecule has 1 amide bonds. The van der Waals surface area contributed by atoms with Gasteiger partial charge in [-0.1, -0.05) is 0 Å². The maximum atomic E-state index is 11.0. The molecule has 4 heteroatoms. The fourth-order valence-electron chi connectivity index (χ4n) is 1.37. The lowest BCUT2D eigenvalue weighted by atomic mass is 9.77. The smallest absolute Gasteiger partial charge is 0.407 e. The number of carbonyl (C=O) groups excluding carboxylic acids is 1. The number of hydrogen-bond donors (Lipinski definition) is 2. The maximum absolute atomic E-state index is 11.0. The SMILES string of the molecule is CCOC(=O)NC1(CN)CCC1. The highest BCUT2D eigenvalue weighted by Gasteiger charge is 2.37. The highest BCUT2D eigenvalue weighted by Crippen LogP contribution is 2.30. The highest BCUT2D eigenvalue weighted by atomic mass is 16.5. The van der Waals surface area contributed by atoms with Gasteiger partial charge in [-0.2, -0.15) is 0 Å². The standard InChI is InChI=1S/C8H16N2O2/c1-2-12-7(11)10-8(6-9)4-3-5-8/h2-6,9H2,1H3,(H,10,11). The van der Waals surface area contributed by atoms with E-state index >= 15 is 0 Å². The molecule has 70 valence electrons. The molecule has 12 heavy (non-hydrogen) atoms. The zero-order valence-electron chi connectivity index (χ0n) is 7.43. The molecule has 1 fully saturated rings. The number of nitrogens with one attached hydrogen (secondary N) is 1. The summed E-state index contributed by atoms with van der Waals surface area (Å²) >= 11 is 0. The molecule has 1 saturated carbocycles. The monoisotopic (exact) mass is 172 g/mol. The minimum absolute atomic E-state index is 0.160. The van der Waals surface area contributed by atoms with Crippen LogP contribution in [0.2, 0.25) is 0 Å². The summed E-state index contributed by atoms with van der Waals surface area (Å²) in [7, 11) is 0. The van der Waals surface area contributed by atoms with Crippen LogP contribution in [0.1, 0.15) is 26.2 Å². The van der Waals surface area contributed by atoms with E-state index in [0.717, 1.165) is 19.3 Å². The Bertz CT molecular complexity index is 161. The van der Waals surface area contributed by atoms with Gasteiger partial charge < -0.3 is 15.8 Å². The molecule has 3 N–H and O–H groups in total. The van der Waals surface area contributed by atoms with Gasteiger partial charge in [-0.25, -0.2) is 4.79 Å². The van der Waals surface area contributed by atoms with Crippen molar-refractivity contribution in [3.05, 3.63) is 0 Å². The second kappa shape index (κ2) is 3.76. The van der Waals surface area contributed by atoms with Gasteiger partial charge in [0.05, 0.1) is 12.1 Å². The lowest BCUT2D eigenvalue weighted by Crippen LogP contribution is -2.58. The minimum Gasteiger partial charge on any atom is -0.450 e. The Morgan fingerprint density at radius 3 is 2.67 bits per heavy atom. The molecule has 1 aliphatic rings. The Morgan fingerprint density at radius 2 is 2.33 bits per heavy atom. The van der Waals surface area contributed by atoms with E-state index in [9.17, 15) is 4.79 Å². The molecule has 0 aromatic rings. The van der Waals surface area contributed by atoms with Crippen LogP contribution in [0.25, 0.3) is 0 Å². The quantitative estimate of drug-likeness (QED) is 0.655. The molecule has 0 atom stereocenters. The van der Waals surface area contributed by atoms with E-state index in [4.69, 9.17) is 10.5 Å². The molecule has 0 heterocycles. The number of amides is 1. The van der Waals surface area contributed by atoms with E-state index in [1.165, 1.54) is 0 Å². The molecular formula is C8H16N2O2. The summed E-state index contributed by atoms with van der Waals surface area (Å²) in [5.41, 5.74) is 5.38. The van der Waals surface area contributed by atoms with Gasteiger partial charge in [-0.05, 0) is 26.2 Å². The highest BCUT2D eigenvalue weighted by molar-refractivity contribution is 5.68. The molecule has 4 nitrogen and oxygen atoms in total. The summed E-state index contributed by atoms with van der Waals surface area (Å²) in [6, 6.07) is 0. The van der Waals surface area contributed by atoms with Crippen molar-refractivity contribution < 1.29 is 9.53 Å². The average molecular weight is 172 g/mol. The van der Waals surface area contributed by atoms with Crippen molar-refractivity contribution in [3.8, 4) is 0 Å². The number of hydrogen-bond acceptors (Lipinski definition) is 3. The van der Waals surface area contributed by atoms with E-state index in [2.05, 4.69) is 5.32 Å². The zero-order valence-corrected chi connectivity index (χ0v) is 7.43. The van der Waals surface area contributed by atoms with Crippen LogP contribution in [0.3, 0.4) is 0 Å². The maximum Gasteiger partial charge on any atom is 0.407 e. The first-order chi connectivity index (χ1) is 5.72. The van der Waals surface area contributed by atoms with Crippen molar-refractivity contribution in [2.24, 2.45) is 5.73 Å². The van der Waals surface area contributed by atoms with Gasteiger partial charge >= 0.3 is 6.09 Å². The van der Waals surface area contributed by atoms with Crippen LogP contribution in [0.4, 0.5) is 4.79 Å². The van der Waals surface area contributed by atoms with Crippen LogP contribution in [0.15, 0.2) is 0 Å². The van der Waals surface area contributed by atoms with Gasteiger partial charge in [0.15, 0.2) is 0 Å². The van der Waals surface area contributed by atoms with Gasteiger partial charge in [-0.3, -0.25) is 0 Å². The van der Waals surface area contributed by atoms with E-state index in [-0.39, 0.29) is 11.6 Å². The van der Waals surface area contributed by atoms with Crippen LogP contribution >= 0.6 is 0 Å². The number of alkyl carbamates (subject to hydrolysis) is 1. The van der Waals surface area contributed by atoms with Crippen LogP contribution in [-0.2, 0) is 4.74 Å². The summed E-state index contributed by atoms with van der Waals surface area (Å²) in [5.74, 6) is 0. The number of rotatable bonds is 3.